The van der Waals surface area contributed by atoms with Crippen LogP contribution in [0.5, 0.6) is 5.75 Å². The zero-order chi connectivity index (χ0) is 27.4. The van der Waals surface area contributed by atoms with Gasteiger partial charge in [-0.25, -0.2) is 0 Å². The van der Waals surface area contributed by atoms with E-state index in [1.165, 1.54) is 0 Å². The third-order valence-electron chi connectivity index (χ3n) is 9.03. The minimum absolute atomic E-state index is 0.0679. The molecule has 0 bridgehead atoms. The van der Waals surface area contributed by atoms with Crippen LogP contribution in [0.4, 0.5) is 0 Å². The number of rotatable bonds is 7. The molecule has 3 atom stereocenters. The molecule has 0 aromatic heterocycles. The van der Waals surface area contributed by atoms with E-state index in [0.717, 1.165) is 49.3 Å². The summed E-state index contributed by atoms with van der Waals surface area (Å²) < 4.78 is 0. The van der Waals surface area contributed by atoms with Crippen LogP contribution >= 0.6 is 0 Å². The van der Waals surface area contributed by atoms with Crippen molar-refractivity contribution in [2.75, 3.05) is 0 Å². The summed E-state index contributed by atoms with van der Waals surface area (Å²) in [5.74, 6) is -2.53. The average Bonchev–Trinajstić information content (AvgIpc) is 2.82. The fourth-order valence-electron chi connectivity index (χ4n) is 6.82. The van der Waals surface area contributed by atoms with Crippen molar-refractivity contribution in [3.8, 4) is 5.75 Å². The van der Waals surface area contributed by atoms with Crippen LogP contribution in [0.25, 0.3) is 5.57 Å². The number of carbonyl (C=O) groups is 2. The van der Waals surface area contributed by atoms with Gasteiger partial charge in [0.15, 0.2) is 11.4 Å². The van der Waals surface area contributed by atoms with E-state index in [0.29, 0.717) is 35.5 Å². The van der Waals surface area contributed by atoms with E-state index in [9.17, 15) is 30.0 Å². The van der Waals surface area contributed by atoms with E-state index in [2.05, 4.69) is 40.3 Å². The highest BCUT2D eigenvalue weighted by Gasteiger charge is 2.58. The summed E-state index contributed by atoms with van der Waals surface area (Å²) in [6.45, 7) is 14.0. The van der Waals surface area contributed by atoms with Crippen molar-refractivity contribution in [1.82, 2.24) is 0 Å². The maximum atomic E-state index is 13.3. The highest BCUT2D eigenvalue weighted by atomic mass is 16.3. The quantitative estimate of drug-likeness (QED) is 0.336. The van der Waals surface area contributed by atoms with Gasteiger partial charge >= 0.3 is 0 Å². The van der Waals surface area contributed by atoms with Crippen LogP contribution in [-0.2, 0) is 22.4 Å². The number of fused-ring (bicyclic) bond motifs is 3. The van der Waals surface area contributed by atoms with Gasteiger partial charge in [0.2, 0.25) is 5.78 Å². The van der Waals surface area contributed by atoms with Crippen LogP contribution in [0.15, 0.2) is 35.3 Å². The molecule has 4 N–H and O–H groups in total. The van der Waals surface area contributed by atoms with Crippen LogP contribution in [0.1, 0.15) is 94.9 Å². The van der Waals surface area contributed by atoms with E-state index < -0.39 is 34.4 Å². The molecule has 0 amide bonds. The average molecular weight is 509 g/mol. The molecule has 6 nitrogen and oxygen atoms in total. The molecule has 1 aromatic carbocycles. The van der Waals surface area contributed by atoms with Gasteiger partial charge in [0.05, 0.1) is 0 Å². The first-order valence-corrected chi connectivity index (χ1v) is 13.6. The lowest BCUT2D eigenvalue weighted by Gasteiger charge is -2.47. The molecule has 200 valence electrons. The lowest BCUT2D eigenvalue weighted by molar-refractivity contribution is -0.144. The molecule has 37 heavy (non-hydrogen) atoms. The third-order valence-corrected chi connectivity index (χ3v) is 9.03. The topological polar surface area (TPSA) is 115 Å². The molecule has 0 saturated heterocycles. The molecular formula is C31H40O6. The maximum absolute atomic E-state index is 13.3. The standard InChI is InChI=1S/C31H40O6/c1-7-18(8-2)9-10-19-12-22(15(3)4)23-13-20-11-21-14-24(33)27(17(6)32)30(36)31(21,37)29(35)25(20)16(5)26(23)28(19)34/h12,15,18,20-21,33-35,37H,5,7-11,13-14H2,1-4,6H3/t20-,21+,31+/m0/s1. The summed E-state index contributed by atoms with van der Waals surface area (Å²) in [4.78, 5) is 25.4. The van der Waals surface area contributed by atoms with Crippen molar-refractivity contribution < 1.29 is 30.0 Å². The van der Waals surface area contributed by atoms with E-state index in [1.807, 2.05) is 0 Å². The van der Waals surface area contributed by atoms with Crippen LogP contribution in [0, 0.1) is 17.8 Å². The Morgan fingerprint density at radius 2 is 1.81 bits per heavy atom. The van der Waals surface area contributed by atoms with Crippen LogP contribution < -0.4 is 0 Å². The Kier molecular flexibility index (Phi) is 7.19. The van der Waals surface area contributed by atoms with Gasteiger partial charge in [0.1, 0.15) is 22.8 Å². The van der Waals surface area contributed by atoms with Gasteiger partial charge in [0.25, 0.3) is 0 Å². The molecule has 0 aliphatic heterocycles. The largest absolute Gasteiger partial charge is 0.511 e. The summed E-state index contributed by atoms with van der Waals surface area (Å²) >= 11 is 0. The SMILES string of the molecule is C=C1C2=C(O)[C@@]3(O)C(=O)C(C(C)=O)=C(O)C[C@H]3C[C@H]2Cc2c(C(C)C)cc(CCC(CC)CC)c(O)c21. The van der Waals surface area contributed by atoms with Crippen molar-refractivity contribution in [1.29, 1.82) is 0 Å². The number of aromatic hydroxyl groups is 1. The molecule has 3 aliphatic carbocycles. The second kappa shape index (κ2) is 9.79. The Labute approximate surface area is 219 Å². The fraction of sp³-hybridized carbons (Fsp3) is 0.548. The summed E-state index contributed by atoms with van der Waals surface area (Å²) in [5, 5.41) is 44.9. The number of hydrogen-bond donors (Lipinski definition) is 4. The van der Waals surface area contributed by atoms with Gasteiger partial charge < -0.3 is 20.4 Å². The Morgan fingerprint density at radius 3 is 2.38 bits per heavy atom. The maximum Gasteiger partial charge on any atom is 0.209 e. The molecule has 1 aromatic rings. The van der Waals surface area contributed by atoms with E-state index in [-0.39, 0.29) is 29.8 Å². The van der Waals surface area contributed by atoms with Crippen LogP contribution in [0.3, 0.4) is 0 Å². The Bertz CT molecular complexity index is 1230. The zero-order valence-corrected chi connectivity index (χ0v) is 22.6. The minimum atomic E-state index is -2.30. The van der Waals surface area contributed by atoms with Crippen LogP contribution in [-0.4, -0.2) is 37.6 Å². The molecule has 0 spiro atoms. The van der Waals surface area contributed by atoms with Crippen molar-refractivity contribution in [3.05, 3.63) is 57.6 Å². The first-order valence-electron chi connectivity index (χ1n) is 13.6. The number of phenols is 1. The zero-order valence-electron chi connectivity index (χ0n) is 22.6. The lowest BCUT2D eigenvalue weighted by Crippen LogP contribution is -2.56. The number of allylic oxidation sites excluding steroid dienone is 3. The number of Topliss-reactive ketones (excluding diaryl/α,β-unsaturated/α-hetero) is 2. The van der Waals surface area contributed by atoms with Gasteiger partial charge in [-0.05, 0) is 72.6 Å². The Morgan fingerprint density at radius 1 is 1.16 bits per heavy atom. The van der Waals surface area contributed by atoms with E-state index in [1.54, 1.807) is 0 Å². The summed E-state index contributed by atoms with van der Waals surface area (Å²) in [5.41, 5.74) is 1.57. The van der Waals surface area contributed by atoms with Crippen molar-refractivity contribution >= 4 is 17.1 Å². The van der Waals surface area contributed by atoms with E-state index in [4.69, 9.17) is 0 Å². The normalized spacial score (nSPS) is 25.5. The van der Waals surface area contributed by atoms with Gasteiger partial charge in [-0.15, -0.1) is 0 Å². The van der Waals surface area contributed by atoms with Crippen molar-refractivity contribution in [2.24, 2.45) is 17.8 Å². The van der Waals surface area contributed by atoms with Crippen molar-refractivity contribution in [3.63, 3.8) is 0 Å². The number of ketones is 2. The molecule has 4 rings (SSSR count). The summed E-state index contributed by atoms with van der Waals surface area (Å²) in [6.07, 6.45) is 4.63. The number of aryl methyl sites for hydroxylation is 1. The van der Waals surface area contributed by atoms with Gasteiger partial charge in [-0.1, -0.05) is 53.2 Å². The summed E-state index contributed by atoms with van der Waals surface area (Å²) in [6, 6.07) is 2.11. The van der Waals surface area contributed by atoms with Crippen molar-refractivity contribution in [2.45, 2.75) is 91.1 Å². The first kappa shape index (κ1) is 27.2. The summed E-state index contributed by atoms with van der Waals surface area (Å²) in [7, 11) is 0. The highest BCUT2D eigenvalue weighted by molar-refractivity contribution is 6.24. The predicted octanol–water partition coefficient (Wildman–Crippen LogP) is 6.01. The highest BCUT2D eigenvalue weighted by Crippen LogP contribution is 2.55. The van der Waals surface area contributed by atoms with Gasteiger partial charge in [-0.3, -0.25) is 9.59 Å². The molecule has 0 saturated carbocycles. The monoisotopic (exact) mass is 508 g/mol. The fourth-order valence-corrected chi connectivity index (χ4v) is 6.82. The van der Waals surface area contributed by atoms with Gasteiger partial charge in [-0.2, -0.15) is 0 Å². The number of hydrogen-bond acceptors (Lipinski definition) is 6. The molecule has 6 heteroatoms. The predicted molar refractivity (Wildman–Crippen MR) is 143 cm³/mol. The lowest BCUT2D eigenvalue weighted by atomic mass is 9.59. The first-order chi connectivity index (χ1) is 17.4. The Balaban J connectivity index is 1.86. The molecule has 3 aliphatic rings. The second-order valence-corrected chi connectivity index (χ2v) is 11.5. The minimum Gasteiger partial charge on any atom is -0.511 e. The second-order valence-electron chi connectivity index (χ2n) is 11.5. The number of aliphatic hydroxyl groups is 3. The third kappa shape index (κ3) is 4.14. The molecular weight excluding hydrogens is 468 g/mol. The number of phenolic OH excluding ortho intramolecular Hbond substituents is 1. The molecule has 0 unspecified atom stereocenters. The molecule has 0 heterocycles. The van der Waals surface area contributed by atoms with Crippen LogP contribution in [0.2, 0.25) is 0 Å². The number of carbonyl (C=O) groups excluding carboxylic acids is 2. The van der Waals surface area contributed by atoms with E-state index >= 15 is 0 Å². The number of benzene rings is 1. The smallest absolute Gasteiger partial charge is 0.209 e. The van der Waals surface area contributed by atoms with Gasteiger partial charge in [0, 0.05) is 23.5 Å². The molecule has 0 fully saturated rings. The number of aliphatic hydroxyl groups excluding tert-OH is 2. The molecule has 0 radical (unpaired) electrons. The Hall–Kier alpha value is -2.86.